The molecule has 0 heterocycles. The van der Waals surface area contributed by atoms with Gasteiger partial charge in [0.25, 0.3) is 5.91 Å². The third kappa shape index (κ3) is 3.71. The lowest BCUT2D eigenvalue weighted by Gasteiger charge is -2.13. The molecule has 1 fully saturated rings. The van der Waals surface area contributed by atoms with Gasteiger partial charge in [-0.3, -0.25) is 9.59 Å². The summed E-state index contributed by atoms with van der Waals surface area (Å²) in [6.45, 7) is 1.57. The Morgan fingerprint density at radius 2 is 2.11 bits per heavy atom. The molecule has 5 nitrogen and oxygen atoms in total. The second kappa shape index (κ2) is 5.73. The first-order valence-electron chi connectivity index (χ1n) is 6.25. The van der Waals surface area contributed by atoms with Crippen molar-refractivity contribution >= 4 is 17.6 Å². The highest BCUT2D eigenvalue weighted by molar-refractivity contribution is 5.95. The van der Waals surface area contributed by atoms with E-state index in [0.717, 1.165) is 12.8 Å². The maximum absolute atomic E-state index is 11.9. The molecule has 0 saturated heterocycles. The van der Waals surface area contributed by atoms with Crippen LogP contribution in [0, 0.1) is 5.92 Å². The summed E-state index contributed by atoms with van der Waals surface area (Å²) in [7, 11) is 1.56. The Kier molecular flexibility index (Phi) is 4.04. The lowest BCUT2D eigenvalue weighted by atomic mass is 10.3. The molecule has 0 aromatic heterocycles. The summed E-state index contributed by atoms with van der Waals surface area (Å²) in [5.74, 6) is 0.0167. The smallest absolute Gasteiger partial charge is 0.309 e. The average molecular weight is 263 g/mol. The van der Waals surface area contributed by atoms with Crippen molar-refractivity contribution in [2.24, 2.45) is 5.92 Å². The maximum atomic E-state index is 11.9. The van der Waals surface area contributed by atoms with E-state index in [1.54, 1.807) is 38.3 Å². The zero-order valence-corrected chi connectivity index (χ0v) is 11.0. The molecule has 102 valence electrons. The predicted molar refractivity (Wildman–Crippen MR) is 69.9 cm³/mol. The Balaban J connectivity index is 1.89. The van der Waals surface area contributed by atoms with E-state index >= 15 is 0 Å². The van der Waals surface area contributed by atoms with Crippen LogP contribution in [-0.4, -0.2) is 25.1 Å². The molecule has 0 aliphatic heterocycles. The number of rotatable bonds is 5. The number of amides is 1. The van der Waals surface area contributed by atoms with Gasteiger partial charge in [0.2, 0.25) is 0 Å². The number of carbonyl (C=O) groups excluding carboxylic acids is 2. The molecule has 0 radical (unpaired) electrons. The third-order valence-corrected chi connectivity index (χ3v) is 2.91. The van der Waals surface area contributed by atoms with Gasteiger partial charge in [-0.1, -0.05) is 6.07 Å². The van der Waals surface area contributed by atoms with E-state index in [0.29, 0.717) is 11.4 Å². The Hall–Kier alpha value is -2.04. The van der Waals surface area contributed by atoms with Gasteiger partial charge in [-0.05, 0) is 31.9 Å². The molecule has 5 heteroatoms. The van der Waals surface area contributed by atoms with Crippen LogP contribution in [0.25, 0.3) is 0 Å². The maximum Gasteiger partial charge on any atom is 0.309 e. The molecule has 2 rings (SSSR count). The first kappa shape index (κ1) is 13.4. The van der Waals surface area contributed by atoms with Crippen LogP contribution in [0.1, 0.15) is 19.8 Å². The van der Waals surface area contributed by atoms with Crippen molar-refractivity contribution in [3.63, 3.8) is 0 Å². The van der Waals surface area contributed by atoms with Crippen LogP contribution < -0.4 is 10.1 Å². The highest BCUT2D eigenvalue weighted by atomic mass is 16.5. The summed E-state index contributed by atoms with van der Waals surface area (Å²) in [5, 5.41) is 2.68. The van der Waals surface area contributed by atoms with Gasteiger partial charge in [0.05, 0.1) is 13.0 Å². The number of benzene rings is 1. The van der Waals surface area contributed by atoms with Gasteiger partial charge in [-0.2, -0.15) is 0 Å². The Morgan fingerprint density at radius 1 is 1.37 bits per heavy atom. The number of anilines is 1. The topological polar surface area (TPSA) is 64.6 Å². The summed E-state index contributed by atoms with van der Waals surface area (Å²) >= 11 is 0. The van der Waals surface area contributed by atoms with Crippen molar-refractivity contribution in [2.75, 3.05) is 12.4 Å². The minimum atomic E-state index is -0.792. The first-order chi connectivity index (χ1) is 9.10. The van der Waals surface area contributed by atoms with Crippen LogP contribution in [0.2, 0.25) is 0 Å². The van der Waals surface area contributed by atoms with Gasteiger partial charge in [-0.25, -0.2) is 0 Å². The molecular formula is C14H17NO4. The summed E-state index contributed by atoms with van der Waals surface area (Å²) < 4.78 is 10.1. The summed E-state index contributed by atoms with van der Waals surface area (Å²) in [6, 6.07) is 7.00. The fraction of sp³-hybridized carbons (Fsp3) is 0.429. The lowest BCUT2D eigenvalue weighted by Crippen LogP contribution is -2.30. The molecule has 1 saturated carbocycles. The van der Waals surface area contributed by atoms with Crippen molar-refractivity contribution in [2.45, 2.75) is 25.9 Å². The van der Waals surface area contributed by atoms with E-state index in [4.69, 9.17) is 9.47 Å². The molecule has 1 aromatic rings. The number of methoxy groups -OCH3 is 1. The van der Waals surface area contributed by atoms with E-state index < -0.39 is 6.10 Å². The van der Waals surface area contributed by atoms with Crippen molar-refractivity contribution in [3.8, 4) is 5.75 Å². The SMILES string of the molecule is COc1cccc(NC(=O)[C@@H](C)OC(=O)C2CC2)c1. The third-order valence-electron chi connectivity index (χ3n) is 2.91. The van der Waals surface area contributed by atoms with Crippen LogP contribution in [-0.2, 0) is 14.3 Å². The summed E-state index contributed by atoms with van der Waals surface area (Å²) in [5.41, 5.74) is 0.610. The second-order valence-electron chi connectivity index (χ2n) is 4.57. The van der Waals surface area contributed by atoms with Gasteiger partial charge in [0.1, 0.15) is 5.75 Å². The van der Waals surface area contributed by atoms with Crippen LogP contribution in [0.4, 0.5) is 5.69 Å². The Bertz CT molecular complexity index is 482. The fourth-order valence-electron chi connectivity index (χ4n) is 1.59. The average Bonchev–Trinajstić information content (AvgIpc) is 3.23. The minimum absolute atomic E-state index is 0.00734. The first-order valence-corrected chi connectivity index (χ1v) is 6.25. The molecule has 19 heavy (non-hydrogen) atoms. The van der Waals surface area contributed by atoms with E-state index in [-0.39, 0.29) is 17.8 Å². The molecule has 0 spiro atoms. The van der Waals surface area contributed by atoms with Gasteiger partial charge < -0.3 is 14.8 Å². The van der Waals surface area contributed by atoms with Gasteiger partial charge >= 0.3 is 5.97 Å². The largest absolute Gasteiger partial charge is 0.497 e. The molecular weight excluding hydrogens is 246 g/mol. The molecule has 1 aliphatic carbocycles. The molecule has 1 atom stereocenters. The molecule has 1 amide bonds. The number of carbonyl (C=O) groups is 2. The van der Waals surface area contributed by atoms with Crippen molar-refractivity contribution in [1.82, 2.24) is 0 Å². The van der Waals surface area contributed by atoms with E-state index in [2.05, 4.69) is 5.32 Å². The predicted octanol–water partition coefficient (Wildman–Crippen LogP) is 1.98. The van der Waals surface area contributed by atoms with E-state index in [1.165, 1.54) is 0 Å². The molecule has 0 unspecified atom stereocenters. The summed E-state index contributed by atoms with van der Waals surface area (Å²) in [6.07, 6.45) is 0.936. The van der Waals surface area contributed by atoms with E-state index in [1.807, 2.05) is 0 Å². The molecule has 0 bridgehead atoms. The van der Waals surface area contributed by atoms with Crippen molar-refractivity contribution in [3.05, 3.63) is 24.3 Å². The highest BCUT2D eigenvalue weighted by Gasteiger charge is 2.33. The van der Waals surface area contributed by atoms with Crippen LogP contribution in [0.5, 0.6) is 5.75 Å². The minimum Gasteiger partial charge on any atom is -0.497 e. The van der Waals surface area contributed by atoms with Crippen molar-refractivity contribution < 1.29 is 19.1 Å². The highest BCUT2D eigenvalue weighted by Crippen LogP contribution is 2.30. The zero-order valence-electron chi connectivity index (χ0n) is 11.0. The Labute approximate surface area is 111 Å². The number of esters is 1. The number of nitrogens with one attached hydrogen (secondary N) is 1. The van der Waals surface area contributed by atoms with E-state index in [9.17, 15) is 9.59 Å². The normalized spacial score (nSPS) is 15.5. The monoisotopic (exact) mass is 263 g/mol. The Morgan fingerprint density at radius 3 is 2.74 bits per heavy atom. The number of hydrogen-bond acceptors (Lipinski definition) is 4. The molecule has 1 aliphatic rings. The molecule has 1 aromatic carbocycles. The van der Waals surface area contributed by atoms with Gasteiger partial charge in [-0.15, -0.1) is 0 Å². The van der Waals surface area contributed by atoms with Crippen LogP contribution in [0.3, 0.4) is 0 Å². The number of ether oxygens (including phenoxy) is 2. The molecule has 1 N–H and O–H groups in total. The van der Waals surface area contributed by atoms with Crippen LogP contribution >= 0.6 is 0 Å². The number of hydrogen-bond donors (Lipinski definition) is 1. The lowest BCUT2D eigenvalue weighted by molar-refractivity contribution is -0.154. The quantitative estimate of drug-likeness (QED) is 0.825. The van der Waals surface area contributed by atoms with Crippen LogP contribution in [0.15, 0.2) is 24.3 Å². The van der Waals surface area contributed by atoms with Crippen molar-refractivity contribution in [1.29, 1.82) is 0 Å². The zero-order chi connectivity index (χ0) is 13.8. The summed E-state index contributed by atoms with van der Waals surface area (Å²) in [4.78, 5) is 23.3. The standard InChI is InChI=1S/C14H17NO4/c1-9(19-14(17)10-6-7-10)13(16)15-11-4-3-5-12(8-11)18-2/h3-5,8-10H,6-7H2,1-2H3,(H,15,16)/t9-/m1/s1. The van der Waals surface area contributed by atoms with Gasteiger partial charge in [0, 0.05) is 11.8 Å². The van der Waals surface area contributed by atoms with Gasteiger partial charge in [0.15, 0.2) is 6.10 Å². The fourth-order valence-corrected chi connectivity index (χ4v) is 1.59. The second-order valence-corrected chi connectivity index (χ2v) is 4.57.